The van der Waals surface area contributed by atoms with Crippen LogP contribution in [-0.2, 0) is 9.53 Å². The summed E-state index contributed by atoms with van der Waals surface area (Å²) in [6, 6.07) is 0. The zero-order valence-electron chi connectivity index (χ0n) is 12.4. The molecule has 4 heteroatoms. The lowest BCUT2D eigenvalue weighted by Crippen LogP contribution is -2.52. The highest BCUT2D eigenvalue weighted by molar-refractivity contribution is 5.81. The van der Waals surface area contributed by atoms with Crippen molar-refractivity contribution in [1.82, 2.24) is 4.90 Å². The van der Waals surface area contributed by atoms with Crippen LogP contribution in [0.2, 0.25) is 0 Å². The molecule has 0 spiro atoms. The summed E-state index contributed by atoms with van der Waals surface area (Å²) in [5, 5.41) is 0. The second-order valence-corrected chi connectivity index (χ2v) is 6.46. The van der Waals surface area contributed by atoms with Crippen molar-refractivity contribution in [2.75, 3.05) is 26.7 Å². The molecule has 3 atom stereocenters. The van der Waals surface area contributed by atoms with Crippen molar-refractivity contribution in [2.45, 2.75) is 51.0 Å². The maximum Gasteiger partial charge on any atom is 0.326 e. The van der Waals surface area contributed by atoms with Gasteiger partial charge in [0, 0.05) is 6.54 Å². The molecule has 2 rings (SSSR count). The Morgan fingerprint density at radius 1 is 1.42 bits per heavy atom. The Morgan fingerprint density at radius 3 is 2.89 bits per heavy atom. The highest BCUT2D eigenvalue weighted by atomic mass is 16.5. The van der Waals surface area contributed by atoms with Crippen molar-refractivity contribution in [3.05, 3.63) is 0 Å². The van der Waals surface area contributed by atoms with Crippen molar-refractivity contribution in [3.63, 3.8) is 0 Å². The van der Waals surface area contributed by atoms with E-state index in [4.69, 9.17) is 10.5 Å². The summed E-state index contributed by atoms with van der Waals surface area (Å²) < 4.78 is 4.90. The number of rotatable bonds is 4. The van der Waals surface area contributed by atoms with E-state index < -0.39 is 5.54 Å². The number of piperidine rings is 1. The van der Waals surface area contributed by atoms with Crippen LogP contribution >= 0.6 is 0 Å². The molecule has 19 heavy (non-hydrogen) atoms. The van der Waals surface area contributed by atoms with Gasteiger partial charge >= 0.3 is 5.97 Å². The molecule has 2 fully saturated rings. The summed E-state index contributed by atoms with van der Waals surface area (Å²) in [4.78, 5) is 14.4. The molecule has 2 N–H and O–H groups in total. The van der Waals surface area contributed by atoms with Crippen LogP contribution in [0.3, 0.4) is 0 Å². The molecule has 3 unspecified atom stereocenters. The first kappa shape index (κ1) is 14.8. The van der Waals surface area contributed by atoms with E-state index in [0.29, 0.717) is 0 Å². The van der Waals surface area contributed by atoms with E-state index in [1.54, 1.807) is 0 Å². The van der Waals surface area contributed by atoms with Gasteiger partial charge in [0.15, 0.2) is 0 Å². The number of ether oxygens (including phenoxy) is 1. The average molecular weight is 268 g/mol. The van der Waals surface area contributed by atoms with Gasteiger partial charge in [0.1, 0.15) is 5.54 Å². The normalized spacial score (nSPS) is 36.4. The van der Waals surface area contributed by atoms with Crippen molar-refractivity contribution in [3.8, 4) is 0 Å². The monoisotopic (exact) mass is 268 g/mol. The lowest BCUT2D eigenvalue weighted by molar-refractivity contribution is -0.148. The molecule has 1 saturated heterocycles. The van der Waals surface area contributed by atoms with Crippen LogP contribution < -0.4 is 5.73 Å². The van der Waals surface area contributed by atoms with Crippen LogP contribution in [0.1, 0.15) is 45.4 Å². The number of carbonyl (C=O) groups is 1. The smallest absolute Gasteiger partial charge is 0.326 e. The molecule has 0 radical (unpaired) electrons. The van der Waals surface area contributed by atoms with Crippen LogP contribution in [0.5, 0.6) is 0 Å². The third-order valence-electron chi connectivity index (χ3n) is 4.97. The molecule has 110 valence electrons. The first-order valence-electron chi connectivity index (χ1n) is 7.66. The fourth-order valence-corrected chi connectivity index (χ4v) is 3.79. The molecule has 1 saturated carbocycles. The molecule has 1 aliphatic heterocycles. The molecule has 0 aromatic carbocycles. The largest absolute Gasteiger partial charge is 0.468 e. The molecule has 0 aromatic rings. The maximum atomic E-state index is 11.9. The SMILES string of the molecule is COC(=O)C1(N)CCCC1CCN1CCCC(C)C1. The number of nitrogens with zero attached hydrogens (tertiary/aromatic N) is 1. The third-order valence-corrected chi connectivity index (χ3v) is 4.97. The highest BCUT2D eigenvalue weighted by Crippen LogP contribution is 2.37. The molecular formula is C15H28N2O2. The Balaban J connectivity index is 1.86. The summed E-state index contributed by atoms with van der Waals surface area (Å²) in [6.45, 7) is 5.80. The first-order valence-corrected chi connectivity index (χ1v) is 7.66. The fraction of sp³-hybridized carbons (Fsp3) is 0.933. The van der Waals surface area contributed by atoms with Gasteiger partial charge < -0.3 is 15.4 Å². The second-order valence-electron chi connectivity index (χ2n) is 6.46. The number of likely N-dealkylation sites (tertiary alicyclic amines) is 1. The van der Waals surface area contributed by atoms with E-state index in [0.717, 1.165) is 38.1 Å². The van der Waals surface area contributed by atoms with Gasteiger partial charge in [-0.2, -0.15) is 0 Å². The molecule has 1 heterocycles. The molecule has 0 amide bonds. The molecule has 4 nitrogen and oxygen atoms in total. The van der Waals surface area contributed by atoms with E-state index in [1.165, 1.54) is 33.0 Å². The van der Waals surface area contributed by atoms with Gasteiger partial charge in [0.05, 0.1) is 7.11 Å². The Labute approximate surface area is 116 Å². The van der Waals surface area contributed by atoms with Gasteiger partial charge in [-0.05, 0) is 57.0 Å². The number of carbonyl (C=O) groups excluding carboxylic acids is 1. The van der Waals surface area contributed by atoms with Gasteiger partial charge in [-0.1, -0.05) is 13.3 Å². The first-order chi connectivity index (χ1) is 9.06. The van der Waals surface area contributed by atoms with Crippen molar-refractivity contribution in [2.24, 2.45) is 17.6 Å². The zero-order valence-corrected chi connectivity index (χ0v) is 12.4. The van der Waals surface area contributed by atoms with Gasteiger partial charge in [0.2, 0.25) is 0 Å². The van der Waals surface area contributed by atoms with Gasteiger partial charge in [-0.3, -0.25) is 4.79 Å². The lowest BCUT2D eigenvalue weighted by Gasteiger charge is -2.34. The number of hydrogen-bond acceptors (Lipinski definition) is 4. The minimum absolute atomic E-state index is 0.220. The van der Waals surface area contributed by atoms with Crippen molar-refractivity contribution < 1.29 is 9.53 Å². The van der Waals surface area contributed by atoms with E-state index >= 15 is 0 Å². The quantitative estimate of drug-likeness (QED) is 0.790. The number of nitrogens with two attached hydrogens (primary N) is 1. The maximum absolute atomic E-state index is 11.9. The van der Waals surface area contributed by atoms with E-state index in [-0.39, 0.29) is 11.9 Å². The van der Waals surface area contributed by atoms with Gasteiger partial charge in [-0.15, -0.1) is 0 Å². The molecule has 1 aliphatic carbocycles. The van der Waals surface area contributed by atoms with Crippen LogP contribution in [-0.4, -0.2) is 43.2 Å². The number of esters is 1. The highest BCUT2D eigenvalue weighted by Gasteiger charge is 2.46. The van der Waals surface area contributed by atoms with Crippen LogP contribution in [0, 0.1) is 11.8 Å². The van der Waals surface area contributed by atoms with Crippen LogP contribution in [0.4, 0.5) is 0 Å². The summed E-state index contributed by atoms with van der Waals surface area (Å²) in [5.41, 5.74) is 5.58. The Hall–Kier alpha value is -0.610. The van der Waals surface area contributed by atoms with Crippen LogP contribution in [0.25, 0.3) is 0 Å². The predicted octanol–water partition coefficient (Wildman–Crippen LogP) is 1.78. The minimum atomic E-state index is -0.726. The lowest BCUT2D eigenvalue weighted by atomic mass is 9.85. The van der Waals surface area contributed by atoms with E-state index in [9.17, 15) is 4.79 Å². The molecule has 0 aromatic heterocycles. The van der Waals surface area contributed by atoms with Crippen molar-refractivity contribution >= 4 is 5.97 Å². The predicted molar refractivity (Wildman–Crippen MR) is 75.7 cm³/mol. The molecule has 0 bridgehead atoms. The summed E-state index contributed by atoms with van der Waals surface area (Å²) in [6.07, 6.45) is 6.57. The Kier molecular flexibility index (Phi) is 4.85. The van der Waals surface area contributed by atoms with E-state index in [1.807, 2.05) is 0 Å². The van der Waals surface area contributed by atoms with Crippen LogP contribution in [0.15, 0.2) is 0 Å². The second kappa shape index (κ2) is 6.23. The minimum Gasteiger partial charge on any atom is -0.468 e. The van der Waals surface area contributed by atoms with E-state index in [2.05, 4.69) is 11.8 Å². The summed E-state index contributed by atoms with van der Waals surface area (Å²) in [5.74, 6) is 0.875. The number of hydrogen-bond donors (Lipinski definition) is 1. The number of methoxy groups -OCH3 is 1. The molecular weight excluding hydrogens is 240 g/mol. The molecule has 2 aliphatic rings. The summed E-state index contributed by atoms with van der Waals surface area (Å²) >= 11 is 0. The Bertz CT molecular complexity index is 321. The Morgan fingerprint density at radius 2 is 2.21 bits per heavy atom. The third kappa shape index (κ3) is 3.29. The summed E-state index contributed by atoms with van der Waals surface area (Å²) in [7, 11) is 1.44. The fourth-order valence-electron chi connectivity index (χ4n) is 3.79. The standard InChI is InChI=1S/C15H28N2O2/c1-12-5-4-9-17(11-12)10-7-13-6-3-8-15(13,16)14(18)19-2/h12-13H,3-11,16H2,1-2H3. The average Bonchev–Trinajstić information content (AvgIpc) is 2.78. The van der Waals surface area contributed by atoms with Gasteiger partial charge in [0.25, 0.3) is 0 Å². The van der Waals surface area contributed by atoms with Crippen molar-refractivity contribution in [1.29, 1.82) is 0 Å². The zero-order chi connectivity index (χ0) is 13.9. The van der Waals surface area contributed by atoms with Gasteiger partial charge in [-0.25, -0.2) is 0 Å². The topological polar surface area (TPSA) is 55.6 Å².